The van der Waals surface area contributed by atoms with Crippen LogP contribution < -0.4 is 11.1 Å². The lowest BCUT2D eigenvalue weighted by Crippen LogP contribution is -2.19. The Bertz CT molecular complexity index is 416. The molecule has 0 fully saturated rings. The van der Waals surface area contributed by atoms with Crippen LogP contribution in [0.2, 0.25) is 0 Å². The largest absolute Gasteiger partial charge is 0.389 e. The number of carbonyl (C=O) groups is 1. The summed E-state index contributed by atoms with van der Waals surface area (Å²) in [6.45, 7) is 4.71. The lowest BCUT2D eigenvalue weighted by molar-refractivity contribution is -0.120. The van der Waals surface area contributed by atoms with E-state index in [0.29, 0.717) is 23.2 Å². The summed E-state index contributed by atoms with van der Waals surface area (Å²) in [6.07, 6.45) is 0. The van der Waals surface area contributed by atoms with Crippen molar-refractivity contribution in [3.05, 3.63) is 29.8 Å². The van der Waals surface area contributed by atoms with Crippen LogP contribution in [0.4, 0.5) is 5.69 Å². The third kappa shape index (κ3) is 5.25. The van der Waals surface area contributed by atoms with Crippen LogP contribution in [0.3, 0.4) is 0 Å². The van der Waals surface area contributed by atoms with Gasteiger partial charge < -0.3 is 15.8 Å². The first-order valence-electron chi connectivity index (χ1n) is 5.76. The van der Waals surface area contributed by atoms with Crippen molar-refractivity contribution in [2.24, 2.45) is 11.7 Å². The van der Waals surface area contributed by atoms with E-state index in [0.717, 1.165) is 5.56 Å². The van der Waals surface area contributed by atoms with Crippen LogP contribution in [-0.2, 0) is 9.53 Å². The van der Waals surface area contributed by atoms with Gasteiger partial charge in [-0.1, -0.05) is 26.1 Å². The lowest BCUT2D eigenvalue weighted by atomic mass is 10.2. The quantitative estimate of drug-likeness (QED) is 0.772. The molecular weight excluding hydrogens is 248 g/mol. The Balaban J connectivity index is 2.42. The van der Waals surface area contributed by atoms with Crippen molar-refractivity contribution in [2.75, 3.05) is 18.5 Å². The van der Waals surface area contributed by atoms with E-state index in [1.807, 2.05) is 13.8 Å². The van der Waals surface area contributed by atoms with Crippen LogP contribution in [0, 0.1) is 5.92 Å². The van der Waals surface area contributed by atoms with E-state index in [2.05, 4.69) is 5.32 Å². The van der Waals surface area contributed by atoms with Crippen LogP contribution >= 0.6 is 12.2 Å². The SMILES string of the molecule is CC(C)COCC(=O)Nc1ccc(C(N)=S)cc1. The minimum Gasteiger partial charge on any atom is -0.389 e. The smallest absolute Gasteiger partial charge is 0.250 e. The summed E-state index contributed by atoms with van der Waals surface area (Å²) in [5.74, 6) is 0.251. The number of anilines is 1. The highest BCUT2D eigenvalue weighted by Gasteiger charge is 2.04. The number of rotatable bonds is 6. The molecule has 0 atom stereocenters. The number of ether oxygens (including phenoxy) is 1. The minimum absolute atomic E-state index is 0.0647. The van der Waals surface area contributed by atoms with E-state index in [-0.39, 0.29) is 12.5 Å². The van der Waals surface area contributed by atoms with Crippen LogP contribution in [0.25, 0.3) is 0 Å². The molecule has 5 heteroatoms. The van der Waals surface area contributed by atoms with E-state index < -0.39 is 0 Å². The molecule has 18 heavy (non-hydrogen) atoms. The summed E-state index contributed by atoms with van der Waals surface area (Å²) in [7, 11) is 0. The van der Waals surface area contributed by atoms with Crippen molar-refractivity contribution in [3.63, 3.8) is 0 Å². The second kappa shape index (κ2) is 7.08. The van der Waals surface area contributed by atoms with Gasteiger partial charge in [0.2, 0.25) is 5.91 Å². The van der Waals surface area contributed by atoms with Crippen LogP contribution in [0.5, 0.6) is 0 Å². The highest BCUT2D eigenvalue weighted by atomic mass is 32.1. The number of amides is 1. The van der Waals surface area contributed by atoms with Gasteiger partial charge in [0.15, 0.2) is 0 Å². The molecule has 3 N–H and O–H groups in total. The van der Waals surface area contributed by atoms with E-state index in [1.165, 1.54) is 0 Å². The minimum atomic E-state index is -0.168. The molecule has 1 aromatic rings. The molecule has 0 heterocycles. The average molecular weight is 266 g/mol. The Kier molecular flexibility index (Phi) is 5.74. The molecular formula is C13H18N2O2S. The lowest BCUT2D eigenvalue weighted by Gasteiger charge is -2.08. The van der Waals surface area contributed by atoms with Crippen molar-refractivity contribution >= 4 is 28.8 Å². The molecule has 0 saturated heterocycles. The molecule has 0 spiro atoms. The number of hydrogen-bond acceptors (Lipinski definition) is 3. The molecule has 1 amide bonds. The summed E-state index contributed by atoms with van der Waals surface area (Å²) in [5.41, 5.74) is 6.96. The molecule has 0 radical (unpaired) electrons. The van der Waals surface area contributed by atoms with Crippen molar-refractivity contribution in [2.45, 2.75) is 13.8 Å². The van der Waals surface area contributed by atoms with Crippen LogP contribution in [0.15, 0.2) is 24.3 Å². The van der Waals surface area contributed by atoms with E-state index >= 15 is 0 Å². The maximum atomic E-state index is 11.5. The van der Waals surface area contributed by atoms with Crippen LogP contribution in [-0.4, -0.2) is 24.1 Å². The van der Waals surface area contributed by atoms with Gasteiger partial charge in [0.25, 0.3) is 0 Å². The van der Waals surface area contributed by atoms with Gasteiger partial charge in [-0.2, -0.15) is 0 Å². The number of nitrogens with two attached hydrogens (primary N) is 1. The summed E-state index contributed by atoms with van der Waals surface area (Å²) >= 11 is 4.85. The average Bonchev–Trinajstić information content (AvgIpc) is 2.29. The Labute approximate surface area is 113 Å². The first-order valence-corrected chi connectivity index (χ1v) is 6.17. The second-order valence-electron chi connectivity index (χ2n) is 4.40. The monoisotopic (exact) mass is 266 g/mol. The molecule has 0 unspecified atom stereocenters. The maximum Gasteiger partial charge on any atom is 0.250 e. The Morgan fingerprint density at radius 1 is 1.39 bits per heavy atom. The van der Waals surface area contributed by atoms with Crippen molar-refractivity contribution in [1.29, 1.82) is 0 Å². The zero-order chi connectivity index (χ0) is 13.5. The van der Waals surface area contributed by atoms with Gasteiger partial charge in [-0.05, 0) is 30.2 Å². The standard InChI is InChI=1S/C13H18N2O2S/c1-9(2)7-17-8-12(16)15-11-5-3-10(4-6-11)13(14)18/h3-6,9H,7-8H2,1-2H3,(H2,14,18)(H,15,16). The summed E-state index contributed by atoms with van der Waals surface area (Å²) in [5, 5.41) is 2.73. The number of benzene rings is 1. The highest BCUT2D eigenvalue weighted by Crippen LogP contribution is 2.09. The van der Waals surface area contributed by atoms with Gasteiger partial charge in [-0.15, -0.1) is 0 Å². The zero-order valence-electron chi connectivity index (χ0n) is 10.6. The number of carbonyl (C=O) groups excluding carboxylic acids is 1. The third-order valence-corrected chi connectivity index (χ3v) is 2.37. The zero-order valence-corrected chi connectivity index (χ0v) is 11.4. The van der Waals surface area contributed by atoms with E-state index in [4.69, 9.17) is 22.7 Å². The predicted molar refractivity (Wildman–Crippen MR) is 76.6 cm³/mol. The first kappa shape index (κ1) is 14.6. The van der Waals surface area contributed by atoms with Gasteiger partial charge in [0.1, 0.15) is 11.6 Å². The fourth-order valence-electron chi connectivity index (χ4n) is 1.30. The van der Waals surface area contributed by atoms with Crippen LogP contribution in [0.1, 0.15) is 19.4 Å². The Morgan fingerprint density at radius 2 is 2.00 bits per heavy atom. The Morgan fingerprint density at radius 3 is 2.50 bits per heavy atom. The van der Waals surface area contributed by atoms with Gasteiger partial charge in [0.05, 0.1) is 0 Å². The maximum absolute atomic E-state index is 11.5. The normalized spacial score (nSPS) is 10.4. The molecule has 0 aromatic heterocycles. The number of thiocarbonyl (C=S) groups is 1. The van der Waals surface area contributed by atoms with Gasteiger partial charge >= 0.3 is 0 Å². The van der Waals surface area contributed by atoms with Gasteiger partial charge in [0, 0.05) is 17.9 Å². The molecule has 0 aliphatic heterocycles. The summed E-state index contributed by atoms with van der Waals surface area (Å²) < 4.78 is 5.24. The number of nitrogens with one attached hydrogen (secondary N) is 1. The summed E-state index contributed by atoms with van der Waals surface area (Å²) in [4.78, 5) is 11.9. The molecule has 1 rings (SSSR count). The van der Waals surface area contributed by atoms with Crippen molar-refractivity contribution in [3.8, 4) is 0 Å². The van der Waals surface area contributed by atoms with E-state index in [1.54, 1.807) is 24.3 Å². The fraction of sp³-hybridized carbons (Fsp3) is 0.385. The molecule has 0 bridgehead atoms. The highest BCUT2D eigenvalue weighted by molar-refractivity contribution is 7.80. The van der Waals surface area contributed by atoms with Gasteiger partial charge in [-0.3, -0.25) is 4.79 Å². The molecule has 1 aromatic carbocycles. The van der Waals surface area contributed by atoms with Gasteiger partial charge in [-0.25, -0.2) is 0 Å². The van der Waals surface area contributed by atoms with Crippen molar-refractivity contribution in [1.82, 2.24) is 0 Å². The van der Waals surface area contributed by atoms with E-state index in [9.17, 15) is 4.79 Å². The molecule has 98 valence electrons. The molecule has 0 aliphatic carbocycles. The predicted octanol–water partition coefficient (Wildman–Crippen LogP) is 1.93. The molecule has 0 aliphatic rings. The Hall–Kier alpha value is -1.46. The number of hydrogen-bond donors (Lipinski definition) is 2. The summed E-state index contributed by atoms with van der Waals surface area (Å²) in [6, 6.07) is 7.06. The second-order valence-corrected chi connectivity index (χ2v) is 4.84. The molecule has 0 saturated carbocycles. The first-order chi connectivity index (χ1) is 8.49. The molecule has 4 nitrogen and oxygen atoms in total. The fourth-order valence-corrected chi connectivity index (χ4v) is 1.44. The topological polar surface area (TPSA) is 64.3 Å². The third-order valence-electron chi connectivity index (χ3n) is 2.14. The van der Waals surface area contributed by atoms with Crippen molar-refractivity contribution < 1.29 is 9.53 Å².